The fourth-order valence-electron chi connectivity index (χ4n) is 2.26. The minimum absolute atomic E-state index is 0.175. The van der Waals surface area contributed by atoms with E-state index in [0.717, 1.165) is 16.8 Å². The van der Waals surface area contributed by atoms with Gasteiger partial charge in [-0.15, -0.1) is 0 Å². The first-order valence-electron chi connectivity index (χ1n) is 7.52. The maximum Gasteiger partial charge on any atom is 0.166 e. The number of rotatable bonds is 4. The average molecular weight is 391 g/mol. The Hall–Kier alpha value is -2.07. The summed E-state index contributed by atoms with van der Waals surface area (Å²) < 4.78 is 0. The van der Waals surface area contributed by atoms with Crippen LogP contribution in [0, 0.1) is 0 Å². The number of hydrogen-bond acceptors (Lipinski definition) is 3. The van der Waals surface area contributed by atoms with Crippen LogP contribution < -0.4 is 5.43 Å². The molecular weight excluding hydrogens is 377 g/mol. The Labute approximate surface area is 161 Å². The molecule has 0 aliphatic heterocycles. The largest absolute Gasteiger partial charge is 0.260 e. The Kier molecular flexibility index (Phi) is 5.59. The standard InChI is InChI=1S/C19H14Cl3N3/c1-12(24-25-19-17(21)11-16(20)18(22)23-19)13-7-9-15(10-8-13)14-5-3-2-4-6-14/h2-11H,1H3,(H,23,25)/b24-12-. The molecule has 3 rings (SSSR count). The summed E-state index contributed by atoms with van der Waals surface area (Å²) >= 11 is 17.9. The van der Waals surface area contributed by atoms with Gasteiger partial charge >= 0.3 is 0 Å². The van der Waals surface area contributed by atoms with Crippen LogP contribution in [0.25, 0.3) is 11.1 Å². The molecule has 0 amide bonds. The molecule has 0 atom stereocenters. The van der Waals surface area contributed by atoms with Gasteiger partial charge in [0.15, 0.2) is 5.82 Å². The van der Waals surface area contributed by atoms with E-state index in [4.69, 9.17) is 34.8 Å². The summed E-state index contributed by atoms with van der Waals surface area (Å²) in [4.78, 5) is 4.08. The Morgan fingerprint density at radius 3 is 2.20 bits per heavy atom. The highest BCUT2D eigenvalue weighted by atomic mass is 35.5. The summed E-state index contributed by atoms with van der Waals surface area (Å²) in [6.45, 7) is 1.90. The highest BCUT2D eigenvalue weighted by Crippen LogP contribution is 2.29. The predicted molar refractivity (Wildman–Crippen MR) is 107 cm³/mol. The number of pyridine rings is 1. The fraction of sp³-hybridized carbons (Fsp3) is 0.0526. The van der Waals surface area contributed by atoms with Gasteiger partial charge < -0.3 is 0 Å². The maximum absolute atomic E-state index is 6.08. The zero-order valence-corrected chi connectivity index (χ0v) is 15.6. The summed E-state index contributed by atoms with van der Waals surface area (Å²) in [5.74, 6) is 0.358. The number of nitrogens with zero attached hydrogens (tertiary/aromatic N) is 2. The van der Waals surface area contributed by atoms with E-state index in [1.54, 1.807) is 0 Å². The van der Waals surface area contributed by atoms with E-state index in [0.29, 0.717) is 15.9 Å². The molecule has 1 N–H and O–H groups in total. The lowest BCUT2D eigenvalue weighted by molar-refractivity contribution is 1.22. The van der Waals surface area contributed by atoms with E-state index < -0.39 is 0 Å². The molecule has 0 saturated heterocycles. The van der Waals surface area contributed by atoms with Crippen LogP contribution in [0.15, 0.2) is 65.8 Å². The quantitative estimate of drug-likeness (QED) is 0.312. The summed E-state index contributed by atoms with van der Waals surface area (Å²) in [6.07, 6.45) is 0. The van der Waals surface area contributed by atoms with Crippen LogP contribution in [-0.4, -0.2) is 10.7 Å². The first-order valence-corrected chi connectivity index (χ1v) is 8.65. The topological polar surface area (TPSA) is 37.3 Å². The van der Waals surface area contributed by atoms with Gasteiger partial charge in [-0.05, 0) is 29.7 Å². The van der Waals surface area contributed by atoms with Crippen LogP contribution in [0.4, 0.5) is 5.82 Å². The first-order chi connectivity index (χ1) is 12.0. The van der Waals surface area contributed by atoms with Gasteiger partial charge in [-0.1, -0.05) is 89.4 Å². The number of benzene rings is 2. The third-order valence-electron chi connectivity index (χ3n) is 3.63. The molecule has 25 heavy (non-hydrogen) atoms. The molecule has 0 saturated carbocycles. The van der Waals surface area contributed by atoms with Crippen molar-refractivity contribution in [1.29, 1.82) is 0 Å². The molecule has 0 aliphatic carbocycles. The minimum Gasteiger partial charge on any atom is -0.260 e. The number of hydrogen-bond donors (Lipinski definition) is 1. The molecule has 0 aliphatic rings. The van der Waals surface area contributed by atoms with Crippen molar-refractivity contribution in [3.8, 4) is 11.1 Å². The molecule has 3 aromatic rings. The summed E-state index contributed by atoms with van der Waals surface area (Å²) in [5, 5.41) is 5.14. The maximum atomic E-state index is 6.08. The third kappa shape index (κ3) is 4.31. The summed E-state index contributed by atoms with van der Waals surface area (Å²) in [6, 6.07) is 19.9. The number of anilines is 1. The van der Waals surface area contributed by atoms with Crippen LogP contribution >= 0.6 is 34.8 Å². The van der Waals surface area contributed by atoms with Crippen LogP contribution in [0.3, 0.4) is 0 Å². The van der Waals surface area contributed by atoms with E-state index in [1.807, 2.05) is 37.3 Å². The van der Waals surface area contributed by atoms with E-state index in [-0.39, 0.29) is 5.15 Å². The van der Waals surface area contributed by atoms with Crippen molar-refractivity contribution >= 4 is 46.3 Å². The van der Waals surface area contributed by atoms with E-state index in [9.17, 15) is 0 Å². The molecule has 0 fully saturated rings. The average Bonchev–Trinajstić information content (AvgIpc) is 2.64. The molecule has 1 heterocycles. The second-order valence-electron chi connectivity index (χ2n) is 5.34. The minimum atomic E-state index is 0.175. The Bertz CT molecular complexity index is 907. The van der Waals surface area contributed by atoms with Crippen LogP contribution in [-0.2, 0) is 0 Å². The van der Waals surface area contributed by atoms with E-state index in [1.165, 1.54) is 11.6 Å². The van der Waals surface area contributed by atoms with E-state index in [2.05, 4.69) is 39.8 Å². The van der Waals surface area contributed by atoms with Crippen molar-refractivity contribution in [3.63, 3.8) is 0 Å². The van der Waals surface area contributed by atoms with E-state index >= 15 is 0 Å². The zero-order chi connectivity index (χ0) is 17.8. The van der Waals surface area contributed by atoms with Gasteiger partial charge in [-0.25, -0.2) is 4.98 Å². The summed E-state index contributed by atoms with van der Waals surface area (Å²) in [5.41, 5.74) is 6.94. The smallest absolute Gasteiger partial charge is 0.166 e. The molecule has 3 nitrogen and oxygen atoms in total. The van der Waals surface area contributed by atoms with Crippen LogP contribution in [0.1, 0.15) is 12.5 Å². The SMILES string of the molecule is C/C(=N/Nc1nc(Cl)c(Cl)cc1Cl)c1ccc(-c2ccccc2)cc1. The predicted octanol–water partition coefficient (Wildman–Crippen LogP) is 6.54. The Morgan fingerprint density at radius 1 is 0.880 bits per heavy atom. The number of nitrogens with one attached hydrogen (secondary N) is 1. The van der Waals surface area contributed by atoms with Crippen molar-refractivity contribution in [3.05, 3.63) is 81.4 Å². The highest BCUT2D eigenvalue weighted by Gasteiger charge is 2.07. The molecule has 2 aromatic carbocycles. The lowest BCUT2D eigenvalue weighted by Gasteiger charge is -2.07. The van der Waals surface area contributed by atoms with Gasteiger partial charge in [0.1, 0.15) is 5.15 Å². The third-order valence-corrected chi connectivity index (χ3v) is 4.59. The van der Waals surface area contributed by atoms with Gasteiger partial charge in [0.2, 0.25) is 0 Å². The zero-order valence-electron chi connectivity index (χ0n) is 13.3. The lowest BCUT2D eigenvalue weighted by atomic mass is 10.0. The van der Waals surface area contributed by atoms with Crippen LogP contribution in [0.2, 0.25) is 15.2 Å². The van der Waals surface area contributed by atoms with Crippen molar-refractivity contribution in [1.82, 2.24) is 4.98 Å². The first kappa shape index (κ1) is 17.7. The second kappa shape index (κ2) is 7.87. The lowest BCUT2D eigenvalue weighted by Crippen LogP contribution is -2.01. The van der Waals surface area contributed by atoms with Gasteiger partial charge in [0, 0.05) is 0 Å². The molecule has 0 radical (unpaired) electrons. The molecule has 0 bridgehead atoms. The van der Waals surface area contributed by atoms with Gasteiger partial charge in [0.25, 0.3) is 0 Å². The number of halogens is 3. The molecular formula is C19H14Cl3N3. The van der Waals surface area contributed by atoms with Crippen molar-refractivity contribution < 1.29 is 0 Å². The molecule has 0 spiro atoms. The number of aromatic nitrogens is 1. The van der Waals surface area contributed by atoms with Crippen molar-refractivity contribution in [2.24, 2.45) is 5.10 Å². The molecule has 126 valence electrons. The molecule has 6 heteroatoms. The highest BCUT2D eigenvalue weighted by molar-refractivity contribution is 6.42. The van der Waals surface area contributed by atoms with Gasteiger partial charge in [0.05, 0.1) is 15.8 Å². The second-order valence-corrected chi connectivity index (χ2v) is 6.52. The van der Waals surface area contributed by atoms with Gasteiger partial charge in [-0.3, -0.25) is 5.43 Å². The fourth-order valence-corrected chi connectivity index (χ4v) is 2.80. The normalized spacial score (nSPS) is 11.4. The van der Waals surface area contributed by atoms with Crippen LogP contribution in [0.5, 0.6) is 0 Å². The number of hydrazone groups is 1. The molecule has 1 aromatic heterocycles. The Morgan fingerprint density at radius 2 is 1.52 bits per heavy atom. The van der Waals surface area contributed by atoms with Crippen molar-refractivity contribution in [2.45, 2.75) is 6.92 Å². The van der Waals surface area contributed by atoms with Gasteiger partial charge in [-0.2, -0.15) is 5.10 Å². The molecule has 0 unspecified atom stereocenters. The monoisotopic (exact) mass is 389 g/mol. The van der Waals surface area contributed by atoms with Crippen molar-refractivity contribution in [2.75, 3.05) is 5.43 Å². The summed E-state index contributed by atoms with van der Waals surface area (Å²) in [7, 11) is 0. The Balaban J connectivity index is 1.78.